The zero-order chi connectivity index (χ0) is 13.6. The third-order valence-electron chi connectivity index (χ3n) is 2.52. The van der Waals surface area contributed by atoms with Crippen molar-refractivity contribution in [1.82, 2.24) is 0 Å². The zero-order valence-corrected chi connectivity index (χ0v) is 8.92. The van der Waals surface area contributed by atoms with Crippen LogP contribution >= 0.6 is 0 Å². The summed E-state index contributed by atoms with van der Waals surface area (Å²) in [6, 6.07) is 0.0982. The number of halogens is 6. The quantitative estimate of drug-likeness (QED) is 0.553. The number of nitrogens with two attached hydrogens (primary N) is 1. The summed E-state index contributed by atoms with van der Waals surface area (Å²) < 4.78 is 75.0. The van der Waals surface area contributed by atoms with E-state index in [0.717, 1.165) is 13.8 Å². The monoisotopic (exact) mass is 257 g/mol. The first-order chi connectivity index (χ1) is 7.46. The molecule has 0 aromatic heterocycles. The topological polar surface area (TPSA) is 26.0 Å². The molecule has 0 aliphatic carbocycles. The second-order valence-corrected chi connectivity index (χ2v) is 3.63. The molecule has 0 aliphatic heterocycles. The largest absolute Gasteiger partial charge is 0.416 e. The van der Waals surface area contributed by atoms with Gasteiger partial charge in [0.15, 0.2) is 0 Å². The molecule has 0 fully saturated rings. The molecule has 1 aromatic rings. The third kappa shape index (κ3) is 2.48. The molecule has 2 N–H and O–H groups in total. The lowest BCUT2D eigenvalue weighted by Gasteiger charge is -2.19. The van der Waals surface area contributed by atoms with E-state index < -0.39 is 29.2 Å². The Morgan fingerprint density at radius 3 is 1.35 bits per heavy atom. The van der Waals surface area contributed by atoms with Gasteiger partial charge in [0.2, 0.25) is 0 Å². The Bertz CT molecular complexity index is 405. The van der Waals surface area contributed by atoms with Crippen LogP contribution in [0.4, 0.5) is 32.0 Å². The lowest BCUT2D eigenvalue weighted by atomic mass is 9.96. The Kier molecular flexibility index (Phi) is 3.07. The summed E-state index contributed by atoms with van der Waals surface area (Å²) in [6.07, 6.45) is -9.71. The van der Waals surface area contributed by atoms with Crippen LogP contribution in [0.25, 0.3) is 0 Å². The van der Waals surface area contributed by atoms with Crippen molar-refractivity contribution in [2.45, 2.75) is 26.2 Å². The number of nitrogen functional groups attached to an aromatic ring is 1. The van der Waals surface area contributed by atoms with Crippen LogP contribution in [-0.2, 0) is 12.4 Å². The smallest absolute Gasteiger partial charge is 0.398 e. The lowest BCUT2D eigenvalue weighted by molar-refractivity contribution is -0.143. The Morgan fingerprint density at radius 1 is 0.824 bits per heavy atom. The van der Waals surface area contributed by atoms with E-state index in [2.05, 4.69) is 0 Å². The minimum atomic E-state index is -4.86. The maximum atomic E-state index is 12.5. The molecule has 0 spiro atoms. The molecule has 0 saturated carbocycles. The summed E-state index contributed by atoms with van der Waals surface area (Å²) in [5.74, 6) is 0. The molecular weight excluding hydrogens is 248 g/mol. The van der Waals surface area contributed by atoms with Crippen LogP contribution in [0.2, 0.25) is 0 Å². The van der Waals surface area contributed by atoms with Crippen LogP contribution in [0.5, 0.6) is 0 Å². The molecular formula is C10H9F6N. The molecule has 1 rings (SSSR count). The van der Waals surface area contributed by atoms with Gasteiger partial charge in [0.05, 0.1) is 11.1 Å². The molecule has 0 bridgehead atoms. The van der Waals surface area contributed by atoms with E-state index >= 15 is 0 Å². The minimum Gasteiger partial charge on any atom is -0.398 e. The molecule has 17 heavy (non-hydrogen) atoms. The Labute approximate surface area is 93.2 Å². The fourth-order valence-electron chi connectivity index (χ4n) is 1.52. The SMILES string of the molecule is Cc1c(C(F)(F)F)cc(C(F)(F)F)c(C)c1N. The average molecular weight is 257 g/mol. The van der Waals surface area contributed by atoms with Crippen LogP contribution in [0.3, 0.4) is 0 Å². The van der Waals surface area contributed by atoms with Crippen LogP contribution in [0.1, 0.15) is 22.3 Å². The van der Waals surface area contributed by atoms with Gasteiger partial charge in [-0.1, -0.05) is 0 Å². The molecule has 0 atom stereocenters. The number of anilines is 1. The van der Waals surface area contributed by atoms with E-state index in [1.165, 1.54) is 0 Å². The fraction of sp³-hybridized carbons (Fsp3) is 0.400. The molecule has 0 heterocycles. The Balaban J connectivity index is 3.63. The fourth-order valence-corrected chi connectivity index (χ4v) is 1.52. The molecule has 1 aromatic carbocycles. The van der Waals surface area contributed by atoms with Crippen LogP contribution in [0, 0.1) is 13.8 Å². The predicted octanol–water partition coefficient (Wildman–Crippen LogP) is 3.92. The minimum absolute atomic E-state index is 0.0982. The summed E-state index contributed by atoms with van der Waals surface area (Å²) in [6.45, 7) is 2.09. The van der Waals surface area contributed by atoms with E-state index in [1.54, 1.807) is 0 Å². The second-order valence-electron chi connectivity index (χ2n) is 3.63. The molecule has 96 valence electrons. The average Bonchev–Trinajstić information content (AvgIpc) is 2.10. The van der Waals surface area contributed by atoms with Gasteiger partial charge in [-0.3, -0.25) is 0 Å². The van der Waals surface area contributed by atoms with Crippen molar-refractivity contribution >= 4 is 5.69 Å². The highest BCUT2D eigenvalue weighted by Crippen LogP contribution is 2.41. The van der Waals surface area contributed by atoms with E-state index in [1.807, 2.05) is 0 Å². The summed E-state index contributed by atoms with van der Waals surface area (Å²) in [4.78, 5) is 0. The molecule has 1 nitrogen and oxygen atoms in total. The highest BCUT2D eigenvalue weighted by atomic mass is 19.4. The normalized spacial score (nSPS) is 12.9. The van der Waals surface area contributed by atoms with Crippen molar-refractivity contribution < 1.29 is 26.3 Å². The first-order valence-corrected chi connectivity index (χ1v) is 4.50. The van der Waals surface area contributed by atoms with Gasteiger partial charge < -0.3 is 5.73 Å². The second kappa shape index (κ2) is 3.82. The number of hydrogen-bond acceptors (Lipinski definition) is 1. The third-order valence-corrected chi connectivity index (χ3v) is 2.52. The zero-order valence-electron chi connectivity index (χ0n) is 8.92. The first kappa shape index (κ1) is 13.7. The Morgan fingerprint density at radius 2 is 1.12 bits per heavy atom. The maximum Gasteiger partial charge on any atom is 0.416 e. The van der Waals surface area contributed by atoms with Gasteiger partial charge in [-0.15, -0.1) is 0 Å². The summed E-state index contributed by atoms with van der Waals surface area (Å²) >= 11 is 0. The molecule has 0 amide bonds. The van der Waals surface area contributed by atoms with E-state index in [0.29, 0.717) is 0 Å². The van der Waals surface area contributed by atoms with Crippen molar-refractivity contribution in [3.63, 3.8) is 0 Å². The van der Waals surface area contributed by atoms with Crippen LogP contribution in [-0.4, -0.2) is 0 Å². The summed E-state index contributed by atoms with van der Waals surface area (Å²) in [5.41, 5.74) is 1.32. The maximum absolute atomic E-state index is 12.5. The van der Waals surface area contributed by atoms with Gasteiger partial charge in [-0.05, 0) is 31.0 Å². The Hall–Kier alpha value is -1.40. The molecule has 0 aliphatic rings. The highest BCUT2D eigenvalue weighted by molar-refractivity contribution is 5.60. The van der Waals surface area contributed by atoms with Gasteiger partial charge in [-0.2, -0.15) is 26.3 Å². The lowest BCUT2D eigenvalue weighted by Crippen LogP contribution is -2.16. The molecule has 0 radical (unpaired) electrons. The number of rotatable bonds is 0. The first-order valence-electron chi connectivity index (χ1n) is 4.50. The summed E-state index contributed by atoms with van der Waals surface area (Å²) in [7, 11) is 0. The van der Waals surface area contributed by atoms with Gasteiger partial charge >= 0.3 is 12.4 Å². The molecule has 0 saturated heterocycles. The number of benzene rings is 1. The van der Waals surface area contributed by atoms with E-state index in [9.17, 15) is 26.3 Å². The van der Waals surface area contributed by atoms with Gasteiger partial charge in [0.1, 0.15) is 0 Å². The molecule has 0 unspecified atom stereocenters. The van der Waals surface area contributed by atoms with E-state index in [-0.39, 0.29) is 17.2 Å². The van der Waals surface area contributed by atoms with Crippen molar-refractivity contribution in [3.8, 4) is 0 Å². The van der Waals surface area contributed by atoms with Crippen molar-refractivity contribution in [3.05, 3.63) is 28.3 Å². The van der Waals surface area contributed by atoms with Gasteiger partial charge in [0.25, 0.3) is 0 Å². The van der Waals surface area contributed by atoms with Gasteiger partial charge in [-0.25, -0.2) is 0 Å². The number of hydrogen-bond donors (Lipinski definition) is 1. The highest BCUT2D eigenvalue weighted by Gasteiger charge is 2.39. The van der Waals surface area contributed by atoms with Crippen molar-refractivity contribution in [2.24, 2.45) is 0 Å². The van der Waals surface area contributed by atoms with Crippen LogP contribution in [0.15, 0.2) is 6.07 Å². The summed E-state index contributed by atoms with van der Waals surface area (Å²) in [5, 5.41) is 0. The predicted molar refractivity (Wildman–Crippen MR) is 50.3 cm³/mol. The van der Waals surface area contributed by atoms with Crippen LogP contribution < -0.4 is 5.73 Å². The van der Waals surface area contributed by atoms with Crippen molar-refractivity contribution in [2.75, 3.05) is 5.73 Å². The van der Waals surface area contributed by atoms with Crippen molar-refractivity contribution in [1.29, 1.82) is 0 Å². The van der Waals surface area contributed by atoms with Gasteiger partial charge in [0, 0.05) is 5.69 Å². The van der Waals surface area contributed by atoms with E-state index in [4.69, 9.17) is 5.73 Å². The molecule has 7 heteroatoms. The standard InChI is InChI=1S/C10H9F6N/c1-4-6(9(11,12)13)3-7(10(14,15)16)5(2)8(4)17/h3H,17H2,1-2H3. The number of alkyl halides is 6.